The zero-order valence-electron chi connectivity index (χ0n) is 16.4. The van der Waals surface area contributed by atoms with E-state index >= 15 is 0 Å². The molecular weight excluding hydrogens is 342 g/mol. The van der Waals surface area contributed by atoms with Crippen LogP contribution in [0.15, 0.2) is 18.2 Å². The molecule has 0 saturated heterocycles. The lowest BCUT2D eigenvalue weighted by Crippen LogP contribution is -2.30. The maximum absolute atomic E-state index is 6.08. The third-order valence-corrected chi connectivity index (χ3v) is 4.91. The highest BCUT2D eigenvalue weighted by molar-refractivity contribution is 5.61. The molecular formula is C20H29N5O2. The van der Waals surface area contributed by atoms with Gasteiger partial charge in [-0.1, -0.05) is 0 Å². The van der Waals surface area contributed by atoms with Gasteiger partial charge in [-0.3, -0.25) is 0 Å². The molecule has 2 aromatic rings. The van der Waals surface area contributed by atoms with E-state index in [0.717, 1.165) is 54.3 Å². The molecule has 7 nitrogen and oxygen atoms in total. The second kappa shape index (κ2) is 8.33. The molecule has 1 aromatic carbocycles. The smallest absolute Gasteiger partial charge is 0.222 e. The number of nitrogens with two attached hydrogens (primary N) is 2. The van der Waals surface area contributed by atoms with E-state index in [0.29, 0.717) is 24.9 Å². The third kappa shape index (κ3) is 4.35. The fourth-order valence-electron chi connectivity index (χ4n) is 3.70. The van der Waals surface area contributed by atoms with Gasteiger partial charge in [0.2, 0.25) is 5.95 Å². The lowest BCUT2D eigenvalue weighted by Gasteiger charge is -2.30. The van der Waals surface area contributed by atoms with Crippen molar-refractivity contribution in [3.63, 3.8) is 0 Å². The molecule has 0 fully saturated rings. The lowest BCUT2D eigenvalue weighted by atomic mass is 9.86. The number of hydrogen-bond donors (Lipinski definition) is 2. The number of hydrogen-bond acceptors (Lipinski definition) is 7. The summed E-state index contributed by atoms with van der Waals surface area (Å²) >= 11 is 0. The van der Waals surface area contributed by atoms with E-state index < -0.39 is 0 Å². The van der Waals surface area contributed by atoms with Crippen molar-refractivity contribution in [1.82, 2.24) is 9.97 Å². The molecule has 4 N–H and O–H groups in total. The van der Waals surface area contributed by atoms with Crippen molar-refractivity contribution in [3.05, 3.63) is 29.5 Å². The summed E-state index contributed by atoms with van der Waals surface area (Å²) in [6.45, 7) is 6.13. The Labute approximate surface area is 160 Å². The van der Waals surface area contributed by atoms with Crippen molar-refractivity contribution in [3.8, 4) is 11.5 Å². The van der Waals surface area contributed by atoms with Crippen LogP contribution < -0.4 is 25.8 Å². The molecule has 1 aliphatic carbocycles. The molecule has 1 aliphatic rings. The number of rotatable bonds is 7. The van der Waals surface area contributed by atoms with E-state index in [4.69, 9.17) is 20.9 Å². The molecule has 0 radical (unpaired) electrons. The molecule has 27 heavy (non-hydrogen) atoms. The molecule has 0 saturated carbocycles. The second-order valence-corrected chi connectivity index (χ2v) is 6.88. The van der Waals surface area contributed by atoms with Crippen molar-refractivity contribution in [2.75, 3.05) is 43.2 Å². The average Bonchev–Trinajstić information content (AvgIpc) is 2.64. The Hall–Kier alpha value is -2.70. The van der Waals surface area contributed by atoms with Gasteiger partial charge in [-0.2, -0.15) is 4.98 Å². The van der Waals surface area contributed by atoms with Crippen LogP contribution in [0.4, 0.5) is 17.5 Å². The predicted molar refractivity (Wildman–Crippen MR) is 108 cm³/mol. The van der Waals surface area contributed by atoms with E-state index in [9.17, 15) is 0 Å². The number of nitrogen functional groups attached to an aromatic ring is 2. The van der Waals surface area contributed by atoms with Gasteiger partial charge in [0.15, 0.2) is 0 Å². The first-order chi connectivity index (χ1) is 13.0. The fourth-order valence-corrected chi connectivity index (χ4v) is 3.70. The Morgan fingerprint density at radius 3 is 2.67 bits per heavy atom. The second-order valence-electron chi connectivity index (χ2n) is 6.88. The van der Waals surface area contributed by atoms with Crippen molar-refractivity contribution in [1.29, 1.82) is 0 Å². The largest absolute Gasteiger partial charge is 0.494 e. The Bertz CT molecular complexity index is 796. The predicted octanol–water partition coefficient (Wildman–Crippen LogP) is 2.68. The van der Waals surface area contributed by atoms with Crippen LogP contribution in [-0.2, 0) is 12.8 Å². The SMILES string of the molecule is CCOc1ccc(OCC)c(N(C)CC2CCc3nc(N)nc(N)c3C2)c1. The van der Waals surface area contributed by atoms with Crippen LogP contribution in [0.25, 0.3) is 0 Å². The molecule has 0 aliphatic heterocycles. The summed E-state index contributed by atoms with van der Waals surface area (Å²) < 4.78 is 11.5. The fraction of sp³-hybridized carbons (Fsp3) is 0.500. The molecule has 0 amide bonds. The summed E-state index contributed by atoms with van der Waals surface area (Å²) in [6, 6.07) is 5.97. The van der Waals surface area contributed by atoms with Gasteiger partial charge in [-0.25, -0.2) is 4.98 Å². The van der Waals surface area contributed by atoms with E-state index in [1.54, 1.807) is 0 Å². The van der Waals surface area contributed by atoms with E-state index in [1.165, 1.54) is 0 Å². The summed E-state index contributed by atoms with van der Waals surface area (Å²) in [7, 11) is 2.09. The van der Waals surface area contributed by atoms with Gasteiger partial charge < -0.3 is 25.8 Å². The average molecular weight is 371 g/mol. The molecule has 3 rings (SSSR count). The van der Waals surface area contributed by atoms with Crippen LogP contribution in [0.1, 0.15) is 31.5 Å². The summed E-state index contributed by atoms with van der Waals surface area (Å²) in [5, 5.41) is 0. The first-order valence-electron chi connectivity index (χ1n) is 9.53. The zero-order chi connectivity index (χ0) is 19.4. The minimum Gasteiger partial charge on any atom is -0.494 e. The normalized spacial score (nSPS) is 15.9. The van der Waals surface area contributed by atoms with Crippen molar-refractivity contribution >= 4 is 17.5 Å². The number of aromatic nitrogens is 2. The standard InChI is InChI=1S/C20H29N5O2/c1-4-26-14-7-9-18(27-5-2)17(11-14)25(3)12-13-6-8-16-15(10-13)19(21)24-20(22)23-16/h7,9,11,13H,4-6,8,10,12H2,1-3H3,(H4,21,22,23,24). The number of ether oxygens (including phenoxy) is 2. The van der Waals surface area contributed by atoms with Crippen molar-refractivity contribution < 1.29 is 9.47 Å². The van der Waals surface area contributed by atoms with Crippen LogP contribution in [0.5, 0.6) is 11.5 Å². The highest BCUT2D eigenvalue weighted by Gasteiger charge is 2.25. The van der Waals surface area contributed by atoms with Gasteiger partial charge in [-0.05, 0) is 51.2 Å². The highest BCUT2D eigenvalue weighted by atomic mass is 16.5. The van der Waals surface area contributed by atoms with Gasteiger partial charge in [0.05, 0.1) is 24.6 Å². The Kier molecular flexibility index (Phi) is 5.88. The van der Waals surface area contributed by atoms with Gasteiger partial charge in [0, 0.05) is 25.2 Å². The number of anilines is 3. The summed E-state index contributed by atoms with van der Waals surface area (Å²) in [4.78, 5) is 10.7. The molecule has 1 aromatic heterocycles. The first-order valence-corrected chi connectivity index (χ1v) is 9.53. The van der Waals surface area contributed by atoms with Gasteiger partial charge in [0.1, 0.15) is 17.3 Å². The first kappa shape index (κ1) is 19.1. The van der Waals surface area contributed by atoms with Crippen LogP contribution in [0.2, 0.25) is 0 Å². The summed E-state index contributed by atoms with van der Waals surface area (Å²) in [5.41, 5.74) is 14.9. The van der Waals surface area contributed by atoms with Crippen molar-refractivity contribution in [2.45, 2.75) is 33.1 Å². The molecule has 1 heterocycles. The van der Waals surface area contributed by atoms with Gasteiger partial charge in [-0.15, -0.1) is 0 Å². The molecule has 7 heteroatoms. The molecule has 1 unspecified atom stereocenters. The van der Waals surface area contributed by atoms with Crippen LogP contribution in [-0.4, -0.2) is 36.8 Å². The quantitative estimate of drug-likeness (QED) is 0.772. The number of benzene rings is 1. The minimum atomic E-state index is 0.260. The van der Waals surface area contributed by atoms with Gasteiger partial charge in [0.25, 0.3) is 0 Å². The summed E-state index contributed by atoms with van der Waals surface area (Å²) in [6.07, 6.45) is 2.78. The maximum Gasteiger partial charge on any atom is 0.222 e. The third-order valence-electron chi connectivity index (χ3n) is 4.91. The zero-order valence-corrected chi connectivity index (χ0v) is 16.4. The monoisotopic (exact) mass is 371 g/mol. The van der Waals surface area contributed by atoms with E-state index in [2.05, 4.69) is 21.9 Å². The Morgan fingerprint density at radius 1 is 1.15 bits per heavy atom. The van der Waals surface area contributed by atoms with E-state index in [1.807, 2.05) is 32.0 Å². The lowest BCUT2D eigenvalue weighted by molar-refractivity contribution is 0.330. The topological polar surface area (TPSA) is 99.5 Å². The maximum atomic E-state index is 6.08. The molecule has 0 spiro atoms. The van der Waals surface area contributed by atoms with Gasteiger partial charge >= 0.3 is 0 Å². The van der Waals surface area contributed by atoms with Crippen LogP contribution in [0, 0.1) is 5.92 Å². The number of fused-ring (bicyclic) bond motifs is 1. The molecule has 1 atom stereocenters. The van der Waals surface area contributed by atoms with Crippen LogP contribution >= 0.6 is 0 Å². The highest BCUT2D eigenvalue weighted by Crippen LogP contribution is 2.34. The Morgan fingerprint density at radius 2 is 1.93 bits per heavy atom. The number of nitrogens with zero attached hydrogens (tertiary/aromatic N) is 3. The summed E-state index contributed by atoms with van der Waals surface area (Å²) in [5.74, 6) is 2.96. The van der Waals surface area contributed by atoms with Crippen LogP contribution in [0.3, 0.4) is 0 Å². The number of aryl methyl sites for hydroxylation is 1. The molecule has 0 bridgehead atoms. The van der Waals surface area contributed by atoms with E-state index in [-0.39, 0.29) is 5.95 Å². The Balaban J connectivity index is 1.77. The minimum absolute atomic E-state index is 0.260. The molecule has 146 valence electrons. The van der Waals surface area contributed by atoms with Crippen molar-refractivity contribution in [2.24, 2.45) is 5.92 Å².